The molecule has 1 aromatic heterocycles. The van der Waals surface area contributed by atoms with E-state index in [1.54, 1.807) is 11.3 Å². The summed E-state index contributed by atoms with van der Waals surface area (Å²) in [4.78, 5) is 33.2. The number of hydrogen-bond donors (Lipinski definition) is 0. The summed E-state index contributed by atoms with van der Waals surface area (Å²) in [5, 5.41) is 4.03. The van der Waals surface area contributed by atoms with Crippen LogP contribution in [0.1, 0.15) is 19.3 Å². The van der Waals surface area contributed by atoms with Crippen molar-refractivity contribution in [3.63, 3.8) is 0 Å². The highest BCUT2D eigenvalue weighted by molar-refractivity contribution is 7.08. The number of hydrogen-bond acceptors (Lipinski definition) is 4. The monoisotopic (exact) mass is 348 g/mol. The first-order chi connectivity index (χ1) is 11.6. The number of nitrogens with zero attached hydrogens (tertiary/aromatic N) is 4. The van der Waals surface area contributed by atoms with Gasteiger partial charge in [0.25, 0.3) is 0 Å². The van der Waals surface area contributed by atoms with Crippen molar-refractivity contribution in [3.8, 4) is 0 Å². The molecule has 4 heterocycles. The Morgan fingerprint density at radius 1 is 1.17 bits per heavy atom. The van der Waals surface area contributed by atoms with E-state index in [1.807, 2.05) is 38.6 Å². The Hall–Kier alpha value is -1.60. The molecule has 0 N–H and O–H groups in total. The number of carbonyl (C=O) groups is 2. The highest BCUT2D eigenvalue weighted by Crippen LogP contribution is 2.34. The molecule has 0 saturated carbocycles. The van der Waals surface area contributed by atoms with Crippen molar-refractivity contribution >= 4 is 29.0 Å². The van der Waals surface area contributed by atoms with Gasteiger partial charge < -0.3 is 14.7 Å². The van der Waals surface area contributed by atoms with Crippen molar-refractivity contribution in [2.24, 2.45) is 0 Å². The van der Waals surface area contributed by atoms with E-state index in [2.05, 4.69) is 4.90 Å². The molecule has 1 unspecified atom stereocenters. The van der Waals surface area contributed by atoms with E-state index < -0.39 is 0 Å². The minimum absolute atomic E-state index is 0.120. The number of thiophene rings is 1. The van der Waals surface area contributed by atoms with Crippen molar-refractivity contribution in [1.82, 2.24) is 14.7 Å². The molecule has 1 aromatic rings. The topological polar surface area (TPSA) is 47.1 Å². The summed E-state index contributed by atoms with van der Waals surface area (Å²) in [6.45, 7) is 4.36. The number of carbonyl (C=O) groups excluding carboxylic acids is 2. The van der Waals surface area contributed by atoms with Gasteiger partial charge in [-0.3, -0.25) is 9.69 Å². The molecule has 24 heavy (non-hydrogen) atoms. The first-order valence-corrected chi connectivity index (χ1v) is 9.61. The molecule has 3 aliphatic rings. The van der Waals surface area contributed by atoms with Crippen LogP contribution in [0.4, 0.5) is 10.5 Å². The van der Waals surface area contributed by atoms with Gasteiger partial charge in [-0.25, -0.2) is 4.79 Å². The zero-order chi connectivity index (χ0) is 16.7. The molecule has 3 saturated heterocycles. The number of amides is 3. The fraction of sp³-hybridized carbons (Fsp3) is 0.647. The summed E-state index contributed by atoms with van der Waals surface area (Å²) in [5.41, 5.74) is 0.868. The fourth-order valence-corrected chi connectivity index (χ4v) is 4.82. The predicted octanol–water partition coefficient (Wildman–Crippen LogP) is 1.69. The van der Waals surface area contributed by atoms with Crippen molar-refractivity contribution in [2.75, 3.05) is 51.2 Å². The largest absolute Gasteiger partial charge is 0.325 e. The van der Waals surface area contributed by atoms with Gasteiger partial charge in [0.1, 0.15) is 0 Å². The number of rotatable bonds is 1. The van der Waals surface area contributed by atoms with Gasteiger partial charge >= 0.3 is 6.03 Å². The Balaban J connectivity index is 1.51. The van der Waals surface area contributed by atoms with Gasteiger partial charge in [0.2, 0.25) is 5.91 Å². The fourth-order valence-electron chi connectivity index (χ4n) is 4.17. The number of urea groups is 1. The van der Waals surface area contributed by atoms with Gasteiger partial charge in [0.15, 0.2) is 0 Å². The summed E-state index contributed by atoms with van der Waals surface area (Å²) in [6.07, 6.45) is 3.16. The number of anilines is 1. The second-order valence-corrected chi connectivity index (χ2v) is 7.97. The SMILES string of the molecule is CN1CC(=O)N(c2ccsc2)CC12CCN(C(=O)N1CCCC1)C2. The summed E-state index contributed by atoms with van der Waals surface area (Å²) in [7, 11) is 2.02. The molecule has 1 atom stereocenters. The Labute approximate surface area is 146 Å². The maximum atomic E-state index is 12.7. The molecule has 7 heteroatoms. The molecule has 130 valence electrons. The summed E-state index contributed by atoms with van der Waals surface area (Å²) in [5.74, 6) is 0.144. The maximum Gasteiger partial charge on any atom is 0.320 e. The first kappa shape index (κ1) is 15.9. The van der Waals surface area contributed by atoms with Crippen LogP contribution in [0.2, 0.25) is 0 Å². The predicted molar refractivity (Wildman–Crippen MR) is 94.4 cm³/mol. The lowest BCUT2D eigenvalue weighted by molar-refractivity contribution is -0.123. The van der Waals surface area contributed by atoms with Crippen LogP contribution in [0.3, 0.4) is 0 Å². The molecule has 0 aromatic carbocycles. The lowest BCUT2D eigenvalue weighted by Crippen LogP contribution is -2.64. The average Bonchev–Trinajstić information content (AvgIpc) is 3.32. The van der Waals surface area contributed by atoms with Crippen LogP contribution in [0, 0.1) is 0 Å². The Bertz CT molecular complexity index is 629. The highest BCUT2D eigenvalue weighted by atomic mass is 32.1. The molecule has 0 aliphatic carbocycles. The van der Waals surface area contributed by atoms with Crippen LogP contribution in [0.25, 0.3) is 0 Å². The van der Waals surface area contributed by atoms with Gasteiger partial charge in [0.05, 0.1) is 17.8 Å². The lowest BCUT2D eigenvalue weighted by Gasteiger charge is -2.46. The molecular formula is C17H24N4O2S. The smallest absolute Gasteiger partial charge is 0.320 e. The van der Waals surface area contributed by atoms with Gasteiger partial charge in [-0.2, -0.15) is 11.3 Å². The normalized spacial score (nSPS) is 28.4. The van der Waals surface area contributed by atoms with E-state index in [4.69, 9.17) is 0 Å². The summed E-state index contributed by atoms with van der Waals surface area (Å²) < 4.78 is 0. The number of piperazine rings is 1. The zero-order valence-electron chi connectivity index (χ0n) is 14.1. The van der Waals surface area contributed by atoms with Gasteiger partial charge in [0, 0.05) is 38.1 Å². The standard InChI is InChI=1S/C17H24N4O2S/c1-18-10-15(22)21(14-4-9-24-11-14)13-17(18)5-8-20(12-17)16(23)19-6-2-3-7-19/h4,9,11H,2-3,5-8,10,12-13H2,1H3. The van der Waals surface area contributed by atoms with Gasteiger partial charge in [-0.1, -0.05) is 0 Å². The minimum Gasteiger partial charge on any atom is -0.325 e. The second kappa shape index (κ2) is 6.04. The van der Waals surface area contributed by atoms with Crippen LogP contribution in [0.15, 0.2) is 16.8 Å². The van der Waals surface area contributed by atoms with Crippen LogP contribution in [0.5, 0.6) is 0 Å². The average molecular weight is 348 g/mol. The third-order valence-corrected chi connectivity index (χ3v) is 6.40. The van der Waals surface area contributed by atoms with Crippen molar-refractivity contribution in [1.29, 1.82) is 0 Å². The van der Waals surface area contributed by atoms with Gasteiger partial charge in [-0.05, 0) is 37.8 Å². The Morgan fingerprint density at radius 3 is 2.67 bits per heavy atom. The molecule has 3 fully saturated rings. The summed E-state index contributed by atoms with van der Waals surface area (Å²) in [6, 6.07) is 2.18. The molecule has 4 rings (SSSR count). The van der Waals surface area contributed by atoms with Crippen LogP contribution in [-0.2, 0) is 4.79 Å². The third-order valence-electron chi connectivity index (χ3n) is 5.73. The highest BCUT2D eigenvalue weighted by Gasteiger charge is 2.49. The van der Waals surface area contributed by atoms with E-state index in [-0.39, 0.29) is 17.5 Å². The molecule has 0 radical (unpaired) electrons. The Kier molecular flexibility index (Phi) is 4.00. The zero-order valence-corrected chi connectivity index (χ0v) is 14.9. The molecule has 3 amide bonds. The van der Waals surface area contributed by atoms with Gasteiger partial charge in [-0.15, -0.1) is 0 Å². The Morgan fingerprint density at radius 2 is 1.96 bits per heavy atom. The molecular weight excluding hydrogens is 324 g/mol. The van der Waals surface area contributed by atoms with Crippen LogP contribution < -0.4 is 4.90 Å². The van der Waals surface area contributed by atoms with E-state index >= 15 is 0 Å². The van der Waals surface area contributed by atoms with E-state index in [0.717, 1.165) is 44.6 Å². The number of likely N-dealkylation sites (tertiary alicyclic amines) is 2. The van der Waals surface area contributed by atoms with E-state index in [1.165, 1.54) is 0 Å². The molecule has 0 bridgehead atoms. The first-order valence-electron chi connectivity index (χ1n) is 8.67. The maximum absolute atomic E-state index is 12.7. The van der Waals surface area contributed by atoms with Crippen molar-refractivity contribution in [2.45, 2.75) is 24.8 Å². The van der Waals surface area contributed by atoms with Crippen molar-refractivity contribution in [3.05, 3.63) is 16.8 Å². The van der Waals surface area contributed by atoms with Crippen LogP contribution >= 0.6 is 11.3 Å². The van der Waals surface area contributed by atoms with E-state index in [9.17, 15) is 9.59 Å². The van der Waals surface area contributed by atoms with E-state index in [0.29, 0.717) is 19.6 Å². The molecule has 3 aliphatic heterocycles. The minimum atomic E-state index is -0.120. The molecule has 1 spiro atoms. The second-order valence-electron chi connectivity index (χ2n) is 7.19. The van der Waals surface area contributed by atoms with Crippen molar-refractivity contribution < 1.29 is 9.59 Å². The lowest BCUT2D eigenvalue weighted by atomic mass is 9.93. The summed E-state index contributed by atoms with van der Waals surface area (Å²) >= 11 is 1.61. The number of likely N-dealkylation sites (N-methyl/N-ethyl adjacent to an activating group) is 1. The molecule has 6 nitrogen and oxygen atoms in total. The quantitative estimate of drug-likeness (QED) is 0.776. The third kappa shape index (κ3) is 2.59. The van der Waals surface area contributed by atoms with Crippen LogP contribution in [-0.4, -0.2) is 78.5 Å².